The second-order valence-electron chi connectivity index (χ2n) is 5.82. The van der Waals surface area contributed by atoms with Crippen molar-refractivity contribution in [3.8, 4) is 0 Å². The van der Waals surface area contributed by atoms with Crippen LogP contribution >= 0.6 is 0 Å². The fourth-order valence-electron chi connectivity index (χ4n) is 2.77. The molecule has 0 unspecified atom stereocenters. The van der Waals surface area contributed by atoms with Gasteiger partial charge in [0, 0.05) is 38.1 Å². The van der Waals surface area contributed by atoms with Gasteiger partial charge in [-0.1, -0.05) is 0 Å². The third-order valence-corrected chi connectivity index (χ3v) is 3.92. The number of benzene rings is 1. The van der Waals surface area contributed by atoms with E-state index in [0.717, 1.165) is 13.1 Å². The number of halogens is 1. The lowest BCUT2D eigenvalue weighted by Gasteiger charge is -2.19. The topological polar surface area (TPSA) is 58.6 Å². The lowest BCUT2D eigenvalue weighted by Crippen LogP contribution is -2.44. The Balaban J connectivity index is 1.80. The van der Waals surface area contributed by atoms with Crippen molar-refractivity contribution in [2.24, 2.45) is 0 Å². The smallest absolute Gasteiger partial charge is 0.220 e. The molecule has 0 radical (unpaired) electrons. The number of hydrogen-bond acceptors (Lipinski definition) is 4. The van der Waals surface area contributed by atoms with E-state index in [-0.39, 0.29) is 42.5 Å². The number of carbonyl (C=O) groups is 2. The summed E-state index contributed by atoms with van der Waals surface area (Å²) in [4.78, 5) is 26.1. The molecule has 0 aromatic heterocycles. The van der Waals surface area contributed by atoms with E-state index in [4.69, 9.17) is 4.74 Å². The maximum Gasteiger partial charge on any atom is 0.220 e. The number of rotatable bonds is 7. The van der Waals surface area contributed by atoms with E-state index < -0.39 is 0 Å². The zero-order chi connectivity index (χ0) is 16.8. The predicted octanol–water partition coefficient (Wildman–Crippen LogP) is 1.62. The first-order valence-corrected chi connectivity index (χ1v) is 7.88. The molecule has 2 rings (SSSR count). The van der Waals surface area contributed by atoms with Gasteiger partial charge in [-0.05, 0) is 38.2 Å². The van der Waals surface area contributed by atoms with Crippen LogP contribution in [0, 0.1) is 5.82 Å². The molecule has 23 heavy (non-hydrogen) atoms. The third-order valence-electron chi connectivity index (χ3n) is 3.92. The molecular weight excluding hydrogens is 299 g/mol. The van der Waals surface area contributed by atoms with E-state index in [0.29, 0.717) is 12.2 Å². The third kappa shape index (κ3) is 5.11. The minimum Gasteiger partial charge on any atom is -0.375 e. The first-order chi connectivity index (χ1) is 11.0. The molecule has 0 spiro atoms. The number of ether oxygens (including phenoxy) is 1. The van der Waals surface area contributed by atoms with Gasteiger partial charge in [-0.15, -0.1) is 0 Å². The molecule has 1 saturated heterocycles. The minimum atomic E-state index is -0.383. The van der Waals surface area contributed by atoms with Crippen LogP contribution in [0.3, 0.4) is 0 Å². The first kappa shape index (κ1) is 17.6. The molecular formula is C17H23FN2O3. The van der Waals surface area contributed by atoms with Crippen molar-refractivity contribution < 1.29 is 18.7 Å². The van der Waals surface area contributed by atoms with Crippen molar-refractivity contribution in [3.05, 3.63) is 35.6 Å². The molecule has 1 amide bonds. The van der Waals surface area contributed by atoms with Crippen LogP contribution in [0.25, 0.3) is 0 Å². The lowest BCUT2D eigenvalue weighted by molar-refractivity contribution is -0.122. The number of Topliss-reactive ketones (excluding diaryl/α,β-unsaturated/α-hetero) is 1. The Hall–Kier alpha value is -1.79. The number of nitrogens with one attached hydrogen (secondary N) is 1. The van der Waals surface area contributed by atoms with Crippen LogP contribution < -0.4 is 5.32 Å². The summed E-state index contributed by atoms with van der Waals surface area (Å²) in [7, 11) is 1.98. The van der Waals surface area contributed by atoms with Gasteiger partial charge in [0.2, 0.25) is 5.91 Å². The lowest BCUT2D eigenvalue weighted by atomic mass is 10.1. The number of likely N-dealkylation sites (tertiary alicyclic amines) is 1. The van der Waals surface area contributed by atoms with Gasteiger partial charge in [-0.3, -0.25) is 9.59 Å². The number of amides is 1. The van der Waals surface area contributed by atoms with E-state index in [1.807, 2.05) is 14.0 Å². The highest BCUT2D eigenvalue weighted by Crippen LogP contribution is 2.13. The van der Waals surface area contributed by atoms with Gasteiger partial charge in [0.15, 0.2) is 5.78 Å². The maximum atomic E-state index is 12.8. The Morgan fingerprint density at radius 1 is 1.26 bits per heavy atom. The van der Waals surface area contributed by atoms with Crippen LogP contribution in [-0.4, -0.2) is 55.5 Å². The summed E-state index contributed by atoms with van der Waals surface area (Å²) in [5.74, 6) is -0.706. The van der Waals surface area contributed by atoms with Crippen molar-refractivity contribution in [2.45, 2.75) is 31.9 Å². The summed E-state index contributed by atoms with van der Waals surface area (Å²) < 4.78 is 18.5. The standard InChI is InChI=1S/C17H23FN2O3/c1-3-23-16-11-20(2)10-14(16)19-17(22)9-8-15(21)12-4-6-13(18)7-5-12/h4-7,14,16H,3,8-11H2,1-2H3,(H,19,22)/t14-,16-/m0/s1. The van der Waals surface area contributed by atoms with E-state index in [9.17, 15) is 14.0 Å². The largest absolute Gasteiger partial charge is 0.375 e. The van der Waals surface area contributed by atoms with Crippen molar-refractivity contribution in [3.63, 3.8) is 0 Å². The number of likely N-dealkylation sites (N-methyl/N-ethyl adjacent to an activating group) is 1. The highest BCUT2D eigenvalue weighted by atomic mass is 19.1. The molecule has 2 atom stereocenters. The Kier molecular flexibility index (Phi) is 6.24. The molecule has 1 aromatic rings. The molecule has 1 N–H and O–H groups in total. The van der Waals surface area contributed by atoms with Crippen molar-refractivity contribution in [1.82, 2.24) is 10.2 Å². The molecule has 0 bridgehead atoms. The van der Waals surface area contributed by atoms with Gasteiger partial charge in [0.1, 0.15) is 5.82 Å². The summed E-state index contributed by atoms with van der Waals surface area (Å²) >= 11 is 0. The molecule has 1 aliphatic rings. The Bertz CT molecular complexity index is 547. The van der Waals surface area contributed by atoms with Crippen LogP contribution in [0.5, 0.6) is 0 Å². The molecule has 1 fully saturated rings. The van der Waals surface area contributed by atoms with Crippen LogP contribution in [0.2, 0.25) is 0 Å². The first-order valence-electron chi connectivity index (χ1n) is 7.88. The van der Waals surface area contributed by atoms with Gasteiger partial charge in [-0.2, -0.15) is 0 Å². The van der Waals surface area contributed by atoms with Crippen LogP contribution in [0.15, 0.2) is 24.3 Å². The second-order valence-corrected chi connectivity index (χ2v) is 5.82. The fraction of sp³-hybridized carbons (Fsp3) is 0.529. The Morgan fingerprint density at radius 2 is 1.96 bits per heavy atom. The molecule has 126 valence electrons. The van der Waals surface area contributed by atoms with Crippen molar-refractivity contribution in [1.29, 1.82) is 0 Å². The van der Waals surface area contributed by atoms with Gasteiger partial charge in [-0.25, -0.2) is 4.39 Å². The normalized spacial score (nSPS) is 21.3. The minimum absolute atomic E-state index is 0.0123. The maximum absolute atomic E-state index is 12.8. The summed E-state index contributed by atoms with van der Waals surface area (Å²) in [6.45, 7) is 4.06. The predicted molar refractivity (Wildman–Crippen MR) is 84.8 cm³/mol. The second kappa shape index (κ2) is 8.17. The molecule has 1 aliphatic heterocycles. The number of ketones is 1. The zero-order valence-electron chi connectivity index (χ0n) is 13.5. The average molecular weight is 322 g/mol. The van der Waals surface area contributed by atoms with E-state index >= 15 is 0 Å². The van der Waals surface area contributed by atoms with Crippen molar-refractivity contribution in [2.75, 3.05) is 26.7 Å². The molecule has 1 heterocycles. The van der Waals surface area contributed by atoms with Gasteiger partial charge in [0.05, 0.1) is 12.1 Å². The Labute approximate surface area is 135 Å². The van der Waals surface area contributed by atoms with Gasteiger partial charge < -0.3 is 15.0 Å². The van der Waals surface area contributed by atoms with Crippen molar-refractivity contribution >= 4 is 11.7 Å². The summed E-state index contributed by atoms with van der Waals surface area (Å²) in [5, 5.41) is 2.94. The zero-order valence-corrected chi connectivity index (χ0v) is 13.5. The highest BCUT2D eigenvalue weighted by Gasteiger charge is 2.32. The van der Waals surface area contributed by atoms with Crippen LogP contribution in [0.4, 0.5) is 4.39 Å². The molecule has 6 heteroatoms. The van der Waals surface area contributed by atoms with Crippen LogP contribution in [0.1, 0.15) is 30.1 Å². The van der Waals surface area contributed by atoms with Crippen LogP contribution in [-0.2, 0) is 9.53 Å². The molecule has 0 saturated carbocycles. The summed E-state index contributed by atoms with van der Waals surface area (Å²) in [6.07, 6.45) is 0.218. The van der Waals surface area contributed by atoms with E-state index in [2.05, 4.69) is 10.2 Å². The molecule has 1 aromatic carbocycles. The van der Waals surface area contributed by atoms with E-state index in [1.165, 1.54) is 24.3 Å². The SMILES string of the molecule is CCO[C@H]1CN(C)C[C@@H]1NC(=O)CCC(=O)c1ccc(F)cc1. The quantitative estimate of drug-likeness (QED) is 0.775. The van der Waals surface area contributed by atoms with Gasteiger partial charge >= 0.3 is 0 Å². The number of hydrogen-bond donors (Lipinski definition) is 1. The van der Waals surface area contributed by atoms with Gasteiger partial charge in [0.25, 0.3) is 0 Å². The average Bonchev–Trinajstić information content (AvgIpc) is 2.85. The fourth-order valence-corrected chi connectivity index (χ4v) is 2.77. The summed E-state index contributed by atoms with van der Waals surface area (Å²) in [6, 6.07) is 5.32. The summed E-state index contributed by atoms with van der Waals surface area (Å²) in [5.41, 5.74) is 0.423. The highest BCUT2D eigenvalue weighted by molar-refractivity contribution is 5.97. The number of carbonyl (C=O) groups excluding carboxylic acids is 2. The Morgan fingerprint density at radius 3 is 2.61 bits per heavy atom. The van der Waals surface area contributed by atoms with E-state index in [1.54, 1.807) is 0 Å². The number of nitrogens with zero attached hydrogens (tertiary/aromatic N) is 1. The molecule has 5 nitrogen and oxygen atoms in total. The monoisotopic (exact) mass is 322 g/mol. The molecule has 0 aliphatic carbocycles.